The first-order valence-electron chi connectivity index (χ1n) is 18.7. The van der Waals surface area contributed by atoms with E-state index in [2.05, 4.69) is 130 Å². The van der Waals surface area contributed by atoms with Gasteiger partial charge in [0.15, 0.2) is 0 Å². The average molecular weight is 753 g/mol. The summed E-state index contributed by atoms with van der Waals surface area (Å²) >= 11 is 0. The number of hydrogen-bond donors (Lipinski definition) is 3. The molecule has 0 bridgehead atoms. The van der Waals surface area contributed by atoms with Crippen LogP contribution in [-0.2, 0) is 0 Å². The van der Waals surface area contributed by atoms with E-state index in [1.54, 1.807) is 0 Å². The van der Waals surface area contributed by atoms with Gasteiger partial charge in [0.2, 0.25) is 0 Å². The Labute approximate surface area is 340 Å². The summed E-state index contributed by atoms with van der Waals surface area (Å²) in [6.45, 7) is 30.3. The van der Waals surface area contributed by atoms with E-state index < -0.39 is 0 Å². The number of rotatable bonds is 2. The molecule has 0 aliphatic heterocycles. The fourth-order valence-electron chi connectivity index (χ4n) is 3.29. The Hall–Kier alpha value is -4.02. The van der Waals surface area contributed by atoms with Crippen molar-refractivity contribution in [3.63, 3.8) is 0 Å². The summed E-state index contributed by atoms with van der Waals surface area (Å²) in [6, 6.07) is 48.3. The highest BCUT2D eigenvalue weighted by Gasteiger charge is 1.95. The van der Waals surface area contributed by atoms with Gasteiger partial charge in [-0.2, -0.15) is 0 Å². The molecule has 0 spiro atoms. The van der Waals surface area contributed by atoms with Gasteiger partial charge >= 0.3 is 0 Å². The molecule has 5 aromatic rings. The molecule has 0 atom stereocenters. The first kappa shape index (κ1) is 75.0. The van der Waals surface area contributed by atoms with Gasteiger partial charge in [0.25, 0.3) is 0 Å². The molecule has 0 saturated heterocycles. The van der Waals surface area contributed by atoms with E-state index in [0.717, 1.165) is 21.3 Å². The monoisotopic (exact) mass is 753 g/mol. The highest BCUT2D eigenvalue weighted by molar-refractivity contribution is 5.64. The Bertz CT molecular complexity index is 1110. The molecule has 314 valence electrons. The average Bonchev–Trinajstić information content (AvgIpc) is 3.26. The molecule has 0 aliphatic rings. The van der Waals surface area contributed by atoms with E-state index in [1.165, 1.54) is 38.9 Å². The third-order valence-corrected chi connectivity index (χ3v) is 5.26. The van der Waals surface area contributed by atoms with Gasteiger partial charge in [-0.15, -0.1) is 0 Å². The number of aliphatic hydroxyl groups is 3. The van der Waals surface area contributed by atoms with Gasteiger partial charge in [-0.05, 0) is 43.0 Å². The maximum atomic E-state index is 7.00. The van der Waals surface area contributed by atoms with Crippen LogP contribution in [0, 0.1) is 20.8 Å². The van der Waals surface area contributed by atoms with Crippen LogP contribution in [0.25, 0.3) is 22.3 Å². The van der Waals surface area contributed by atoms with Crippen molar-refractivity contribution in [2.75, 3.05) is 21.3 Å². The normalized spacial score (nSPS) is 6.91. The van der Waals surface area contributed by atoms with Crippen LogP contribution in [0.2, 0.25) is 0 Å². The third-order valence-electron chi connectivity index (χ3n) is 5.26. The molecule has 0 radical (unpaired) electrons. The summed E-state index contributed by atoms with van der Waals surface area (Å²) in [6.07, 6.45) is 0. The zero-order chi connectivity index (χ0) is 41.3. The minimum absolute atomic E-state index is 0. The topological polar surface area (TPSA) is 60.7 Å². The Morgan fingerprint density at radius 3 is 0.537 bits per heavy atom. The number of aryl methyl sites for hydroxylation is 3. The Kier molecular flexibility index (Phi) is 98.0. The third kappa shape index (κ3) is 46.0. The molecule has 0 heterocycles. The predicted octanol–water partition coefficient (Wildman–Crippen LogP) is 16.2. The minimum atomic E-state index is 0. The van der Waals surface area contributed by atoms with E-state index in [-0.39, 0.29) is 22.3 Å². The van der Waals surface area contributed by atoms with Gasteiger partial charge in [0.05, 0.1) is 0 Å². The van der Waals surface area contributed by atoms with Crippen LogP contribution in [-0.4, -0.2) is 36.6 Å². The second-order valence-electron chi connectivity index (χ2n) is 8.12. The lowest BCUT2D eigenvalue weighted by atomic mass is 10.0. The van der Waals surface area contributed by atoms with Crippen LogP contribution in [0.1, 0.15) is 122 Å². The smallest absolute Gasteiger partial charge is 0.0319 e. The van der Waals surface area contributed by atoms with Crippen LogP contribution in [0.4, 0.5) is 0 Å². The van der Waals surface area contributed by atoms with Crippen molar-refractivity contribution in [1.82, 2.24) is 0 Å². The van der Waals surface area contributed by atoms with Gasteiger partial charge in [-0.3, -0.25) is 0 Å². The van der Waals surface area contributed by atoms with Crippen molar-refractivity contribution in [2.45, 2.75) is 126 Å². The molecule has 0 fully saturated rings. The molecule has 54 heavy (non-hydrogen) atoms. The highest BCUT2D eigenvalue weighted by Crippen LogP contribution is 2.19. The van der Waals surface area contributed by atoms with Crippen LogP contribution in [0.3, 0.4) is 0 Å². The molecule has 0 unspecified atom stereocenters. The van der Waals surface area contributed by atoms with Crippen LogP contribution < -0.4 is 0 Å². The summed E-state index contributed by atoms with van der Waals surface area (Å²) in [5, 5.41) is 21.0. The largest absolute Gasteiger partial charge is 0.400 e. The molecule has 5 rings (SSSR count). The number of benzene rings is 5. The van der Waals surface area contributed by atoms with Crippen molar-refractivity contribution in [2.24, 2.45) is 0 Å². The van der Waals surface area contributed by atoms with Gasteiger partial charge < -0.3 is 15.3 Å². The summed E-state index contributed by atoms with van der Waals surface area (Å²) in [7, 11) is 3.00. The first-order chi connectivity index (χ1) is 25.1. The maximum Gasteiger partial charge on any atom is 0.0319 e. The molecule has 3 heteroatoms. The number of aliphatic hydroxyl groups excluding tert-OH is 3. The Balaban J connectivity index is -0.0000000553. The molecule has 3 N–H and O–H groups in total. The first-order valence-corrected chi connectivity index (χ1v) is 18.7. The SMILES string of the molecule is C.C.C.CC.CC.CC.CC.CC.CC.CO.CO.CO.Cc1ccc(-c2ccccc2)cc1.Cc1ccc(-c2ccccc2)cc1.Cc1ccccc1. The molecule has 0 amide bonds. The van der Waals surface area contributed by atoms with Crippen molar-refractivity contribution in [3.8, 4) is 22.3 Å². The predicted molar refractivity (Wildman–Crippen MR) is 257 cm³/mol. The van der Waals surface area contributed by atoms with Crippen LogP contribution in [0.5, 0.6) is 0 Å². The second kappa shape index (κ2) is 70.5. The fourth-order valence-corrected chi connectivity index (χ4v) is 3.29. The number of hydrogen-bond acceptors (Lipinski definition) is 3. The van der Waals surface area contributed by atoms with E-state index in [9.17, 15) is 0 Å². The molecule has 0 saturated carbocycles. The summed E-state index contributed by atoms with van der Waals surface area (Å²) < 4.78 is 0. The molecule has 5 aromatic carbocycles. The van der Waals surface area contributed by atoms with Gasteiger partial charge in [0.1, 0.15) is 0 Å². The molecule has 0 aromatic heterocycles. The second-order valence-corrected chi connectivity index (χ2v) is 8.12. The molecule has 3 nitrogen and oxygen atoms in total. The van der Waals surface area contributed by atoms with Crippen molar-refractivity contribution >= 4 is 0 Å². The lowest BCUT2D eigenvalue weighted by Crippen LogP contribution is -1.76. The van der Waals surface area contributed by atoms with Crippen LogP contribution in [0.15, 0.2) is 140 Å². The van der Waals surface area contributed by atoms with Gasteiger partial charge in [-0.1, -0.05) is 262 Å². The standard InChI is InChI=1S/2C13H12.C7H8.6C2H6.3CH4O.3CH4/c2*1-11-7-9-13(10-8-11)12-5-3-2-4-6-12;1-7-5-3-2-4-6-7;9*1-2;;;/h2*2-10H,1H3;2-6H,1H3;6*1-2H3;3*2H,1H3;3*1H4. The maximum absolute atomic E-state index is 7.00. The van der Waals surface area contributed by atoms with Crippen LogP contribution >= 0.6 is 0 Å². The summed E-state index contributed by atoms with van der Waals surface area (Å²) in [5.74, 6) is 0. The lowest BCUT2D eigenvalue weighted by molar-refractivity contribution is 0.399. The zero-order valence-corrected chi connectivity index (χ0v) is 36.1. The molecule has 0 aliphatic carbocycles. The fraction of sp³-hybridized carbons (Fsp3) is 0.412. The lowest BCUT2D eigenvalue weighted by Gasteiger charge is -2.00. The van der Waals surface area contributed by atoms with Gasteiger partial charge in [0, 0.05) is 21.3 Å². The summed E-state index contributed by atoms with van der Waals surface area (Å²) in [4.78, 5) is 0. The van der Waals surface area contributed by atoms with E-state index in [4.69, 9.17) is 15.3 Å². The Morgan fingerprint density at radius 1 is 0.222 bits per heavy atom. The minimum Gasteiger partial charge on any atom is -0.400 e. The van der Waals surface area contributed by atoms with Gasteiger partial charge in [-0.25, -0.2) is 0 Å². The summed E-state index contributed by atoms with van der Waals surface area (Å²) in [5.41, 5.74) is 9.06. The van der Waals surface area contributed by atoms with Crippen molar-refractivity contribution < 1.29 is 15.3 Å². The Morgan fingerprint density at radius 2 is 0.370 bits per heavy atom. The molecular weight excluding hydrogens is 661 g/mol. The zero-order valence-electron chi connectivity index (χ0n) is 36.1. The molecular formula is C51H92O3. The quantitative estimate of drug-likeness (QED) is 0.168. The van der Waals surface area contributed by atoms with E-state index >= 15 is 0 Å². The van der Waals surface area contributed by atoms with Crippen molar-refractivity contribution in [1.29, 1.82) is 0 Å². The van der Waals surface area contributed by atoms with E-state index in [0.29, 0.717) is 0 Å². The van der Waals surface area contributed by atoms with E-state index in [1.807, 2.05) is 113 Å². The van der Waals surface area contributed by atoms with Crippen molar-refractivity contribution in [3.05, 3.63) is 156 Å². The highest BCUT2D eigenvalue weighted by atomic mass is 16.2.